The smallest absolute Gasteiger partial charge is 0.328 e. The van der Waals surface area contributed by atoms with Gasteiger partial charge in [0.25, 0.3) is 0 Å². The predicted octanol–water partition coefficient (Wildman–Crippen LogP) is 3.57. The Labute approximate surface area is 96.6 Å². The van der Waals surface area contributed by atoms with Crippen molar-refractivity contribution in [2.75, 3.05) is 0 Å². The zero-order valence-electron chi connectivity index (χ0n) is 10.1. The van der Waals surface area contributed by atoms with Gasteiger partial charge < -0.3 is 5.11 Å². The summed E-state index contributed by atoms with van der Waals surface area (Å²) in [5.74, 6) is -0.871. The maximum atomic E-state index is 10.8. The fraction of sp³-hybridized carbons (Fsp3) is 0.357. The Bertz CT molecular complexity index is 417. The van der Waals surface area contributed by atoms with E-state index in [4.69, 9.17) is 5.11 Å². The largest absolute Gasteiger partial charge is 0.478 e. The molecular formula is C14H18O2. The molecule has 0 saturated carbocycles. The van der Waals surface area contributed by atoms with Crippen molar-refractivity contribution >= 4 is 11.5 Å². The Hall–Kier alpha value is -1.57. The lowest BCUT2D eigenvalue weighted by Gasteiger charge is -2.11. The Morgan fingerprint density at radius 3 is 2.62 bits per heavy atom. The van der Waals surface area contributed by atoms with Gasteiger partial charge in [0.2, 0.25) is 0 Å². The highest BCUT2D eigenvalue weighted by atomic mass is 16.4. The van der Waals surface area contributed by atoms with Crippen LogP contribution >= 0.6 is 0 Å². The van der Waals surface area contributed by atoms with E-state index in [1.165, 1.54) is 17.2 Å². The normalized spacial score (nSPS) is 11.6. The van der Waals surface area contributed by atoms with Gasteiger partial charge in [0.1, 0.15) is 0 Å². The summed E-state index contributed by atoms with van der Waals surface area (Å²) in [6, 6.07) is 6.01. The number of hydrogen-bond acceptors (Lipinski definition) is 1. The second-order valence-electron chi connectivity index (χ2n) is 4.01. The molecule has 0 fully saturated rings. The fourth-order valence-corrected chi connectivity index (χ4v) is 1.80. The molecule has 2 heteroatoms. The van der Waals surface area contributed by atoms with E-state index in [1.54, 1.807) is 0 Å². The van der Waals surface area contributed by atoms with Crippen molar-refractivity contribution in [3.8, 4) is 0 Å². The third-order valence-electron chi connectivity index (χ3n) is 2.77. The first-order valence-corrected chi connectivity index (χ1v) is 5.56. The van der Waals surface area contributed by atoms with Crippen LogP contribution in [0.5, 0.6) is 0 Å². The third kappa shape index (κ3) is 2.96. The van der Waals surface area contributed by atoms with Crippen LogP contribution in [0.3, 0.4) is 0 Å². The number of benzene rings is 1. The van der Waals surface area contributed by atoms with Gasteiger partial charge in [-0.1, -0.05) is 31.5 Å². The molecule has 0 aliphatic carbocycles. The molecule has 1 aromatic carbocycles. The molecule has 16 heavy (non-hydrogen) atoms. The van der Waals surface area contributed by atoms with Crippen molar-refractivity contribution in [2.24, 2.45) is 0 Å². The van der Waals surface area contributed by atoms with Gasteiger partial charge in [-0.25, -0.2) is 4.79 Å². The van der Waals surface area contributed by atoms with Crippen LogP contribution in [-0.2, 0) is 4.79 Å². The van der Waals surface area contributed by atoms with Crippen molar-refractivity contribution in [3.63, 3.8) is 0 Å². The van der Waals surface area contributed by atoms with Gasteiger partial charge in [-0.05, 0) is 42.5 Å². The van der Waals surface area contributed by atoms with Gasteiger partial charge in [-0.2, -0.15) is 0 Å². The lowest BCUT2D eigenvalue weighted by molar-refractivity contribution is -0.131. The summed E-state index contributed by atoms with van der Waals surface area (Å²) in [4.78, 5) is 10.8. The second kappa shape index (κ2) is 5.50. The Morgan fingerprint density at radius 1 is 1.38 bits per heavy atom. The summed E-state index contributed by atoms with van der Waals surface area (Å²) in [5, 5.41) is 8.86. The zero-order chi connectivity index (χ0) is 12.1. The minimum Gasteiger partial charge on any atom is -0.478 e. The maximum absolute atomic E-state index is 10.8. The number of hydrogen-bond donors (Lipinski definition) is 1. The van der Waals surface area contributed by atoms with Gasteiger partial charge in [-0.3, -0.25) is 0 Å². The van der Waals surface area contributed by atoms with E-state index in [1.807, 2.05) is 32.0 Å². The highest BCUT2D eigenvalue weighted by Crippen LogP contribution is 2.25. The Morgan fingerprint density at radius 2 is 2.06 bits per heavy atom. The lowest BCUT2D eigenvalue weighted by atomic mass is 9.94. The maximum Gasteiger partial charge on any atom is 0.328 e. The molecule has 0 unspecified atom stereocenters. The van der Waals surface area contributed by atoms with Crippen LogP contribution in [0.4, 0.5) is 0 Å². The molecule has 0 saturated heterocycles. The number of carboxylic acid groups (broad SMARTS) is 1. The van der Waals surface area contributed by atoms with E-state index in [-0.39, 0.29) is 0 Å². The van der Waals surface area contributed by atoms with E-state index < -0.39 is 5.97 Å². The summed E-state index contributed by atoms with van der Waals surface area (Å²) in [6.07, 6.45) is 3.08. The molecule has 1 N–H and O–H groups in total. The number of allylic oxidation sites excluding steroid dienone is 1. The molecule has 0 radical (unpaired) electrons. The van der Waals surface area contributed by atoms with E-state index in [0.717, 1.165) is 24.0 Å². The molecule has 0 bridgehead atoms. The fourth-order valence-electron chi connectivity index (χ4n) is 1.80. The number of carboxylic acids is 1. The molecule has 1 rings (SSSR count). The molecule has 0 spiro atoms. The van der Waals surface area contributed by atoms with Gasteiger partial charge in [0.15, 0.2) is 0 Å². The molecule has 1 aromatic rings. The minimum absolute atomic E-state index is 0.802. The van der Waals surface area contributed by atoms with E-state index >= 15 is 0 Å². The molecular weight excluding hydrogens is 200 g/mol. The van der Waals surface area contributed by atoms with Crippen molar-refractivity contribution in [1.29, 1.82) is 0 Å². The SMILES string of the molecule is CCC/C(=C\C(=O)O)c1cccc(C)c1C. The minimum atomic E-state index is -0.871. The van der Waals surface area contributed by atoms with Crippen LogP contribution in [0, 0.1) is 13.8 Å². The van der Waals surface area contributed by atoms with E-state index in [9.17, 15) is 4.79 Å². The first kappa shape index (κ1) is 12.5. The Balaban J connectivity index is 3.21. The Kier molecular flexibility index (Phi) is 4.29. The topological polar surface area (TPSA) is 37.3 Å². The van der Waals surface area contributed by atoms with Crippen molar-refractivity contribution in [1.82, 2.24) is 0 Å². The monoisotopic (exact) mass is 218 g/mol. The van der Waals surface area contributed by atoms with Crippen LogP contribution in [0.15, 0.2) is 24.3 Å². The molecule has 0 aliphatic heterocycles. The van der Waals surface area contributed by atoms with Gasteiger partial charge in [0.05, 0.1) is 0 Å². The van der Waals surface area contributed by atoms with E-state index in [2.05, 4.69) is 6.92 Å². The third-order valence-corrected chi connectivity index (χ3v) is 2.77. The molecule has 86 valence electrons. The standard InChI is InChI=1S/C14H18O2/c1-4-6-12(9-14(15)16)13-8-5-7-10(2)11(13)3/h5,7-9H,4,6H2,1-3H3,(H,15,16)/b12-9+. The van der Waals surface area contributed by atoms with Gasteiger partial charge in [0, 0.05) is 6.08 Å². The highest BCUT2D eigenvalue weighted by molar-refractivity contribution is 5.90. The molecule has 0 aromatic heterocycles. The van der Waals surface area contributed by atoms with Crippen LogP contribution in [-0.4, -0.2) is 11.1 Å². The van der Waals surface area contributed by atoms with Crippen molar-refractivity contribution in [2.45, 2.75) is 33.6 Å². The summed E-state index contributed by atoms with van der Waals surface area (Å²) < 4.78 is 0. The number of carbonyl (C=O) groups is 1. The van der Waals surface area contributed by atoms with Crippen LogP contribution in [0.25, 0.3) is 5.57 Å². The number of rotatable bonds is 4. The van der Waals surface area contributed by atoms with Crippen LogP contribution < -0.4 is 0 Å². The average Bonchev–Trinajstić information content (AvgIpc) is 2.21. The highest BCUT2D eigenvalue weighted by Gasteiger charge is 2.07. The predicted molar refractivity (Wildman–Crippen MR) is 66.4 cm³/mol. The first-order valence-electron chi connectivity index (χ1n) is 5.56. The molecule has 0 heterocycles. The quantitative estimate of drug-likeness (QED) is 0.784. The summed E-state index contributed by atoms with van der Waals surface area (Å²) in [6.45, 7) is 6.14. The lowest BCUT2D eigenvalue weighted by Crippen LogP contribution is -1.96. The molecule has 2 nitrogen and oxygen atoms in total. The number of aryl methyl sites for hydroxylation is 1. The van der Waals surface area contributed by atoms with Crippen LogP contribution in [0.2, 0.25) is 0 Å². The summed E-state index contributed by atoms with van der Waals surface area (Å²) >= 11 is 0. The van der Waals surface area contributed by atoms with Crippen molar-refractivity contribution in [3.05, 3.63) is 41.0 Å². The zero-order valence-corrected chi connectivity index (χ0v) is 10.1. The second-order valence-corrected chi connectivity index (χ2v) is 4.01. The van der Waals surface area contributed by atoms with Crippen molar-refractivity contribution < 1.29 is 9.90 Å². The number of aliphatic carboxylic acids is 1. The first-order chi connectivity index (χ1) is 7.56. The molecule has 0 amide bonds. The van der Waals surface area contributed by atoms with E-state index in [0.29, 0.717) is 0 Å². The summed E-state index contributed by atoms with van der Waals surface area (Å²) in [7, 11) is 0. The summed E-state index contributed by atoms with van der Waals surface area (Å²) in [5.41, 5.74) is 4.34. The van der Waals surface area contributed by atoms with Crippen LogP contribution in [0.1, 0.15) is 36.5 Å². The van der Waals surface area contributed by atoms with Gasteiger partial charge >= 0.3 is 5.97 Å². The average molecular weight is 218 g/mol. The van der Waals surface area contributed by atoms with Gasteiger partial charge in [-0.15, -0.1) is 0 Å². The molecule has 0 atom stereocenters. The molecule has 0 aliphatic rings.